The molecule has 0 atom stereocenters. The molecule has 2 aliphatic rings. The van der Waals surface area contributed by atoms with Gasteiger partial charge in [0.15, 0.2) is 0 Å². The largest absolute Gasteiger partial charge is 0.444 e. The Hall–Kier alpha value is -2.33. The summed E-state index contributed by atoms with van der Waals surface area (Å²) in [5.74, 6) is 0.212. The lowest BCUT2D eigenvalue weighted by molar-refractivity contribution is -0.117. The molecule has 2 amide bonds. The number of fused-ring (bicyclic) bond motifs is 2. The van der Waals surface area contributed by atoms with Crippen molar-refractivity contribution in [1.82, 2.24) is 8.87 Å². The van der Waals surface area contributed by atoms with Gasteiger partial charge >= 0.3 is 6.09 Å². The van der Waals surface area contributed by atoms with Gasteiger partial charge in [-0.1, -0.05) is 65.3 Å². The SMILES string of the molecule is CC(C)S(C(C)C)(C(C)C)n1cc(Cl)c2ccc(SN)cc21.Cc1cc2c(cc1N1CCCC1=O)CCN(C(=O)OC(C)(C)C)C2. The average Bonchev–Trinajstić information content (AvgIpc) is 3.53. The number of ether oxygens (including phenoxy) is 1. The van der Waals surface area contributed by atoms with Gasteiger partial charge in [-0.3, -0.25) is 9.93 Å². The third kappa shape index (κ3) is 7.38. The summed E-state index contributed by atoms with van der Waals surface area (Å²) < 4.78 is 7.97. The summed E-state index contributed by atoms with van der Waals surface area (Å²) in [6, 6.07) is 10.6. The highest BCUT2D eigenvalue weighted by atomic mass is 35.5. The molecule has 3 aromatic rings. The summed E-state index contributed by atoms with van der Waals surface area (Å²) in [6.45, 7) is 23.8. The minimum Gasteiger partial charge on any atom is -0.444 e. The van der Waals surface area contributed by atoms with Crippen molar-refractivity contribution in [3.8, 4) is 0 Å². The molecule has 0 aliphatic carbocycles. The topological polar surface area (TPSA) is 80.8 Å². The van der Waals surface area contributed by atoms with E-state index in [2.05, 4.69) is 76.0 Å². The maximum Gasteiger partial charge on any atom is 0.410 e. The van der Waals surface area contributed by atoms with Crippen LogP contribution in [0.2, 0.25) is 5.02 Å². The van der Waals surface area contributed by atoms with Crippen LogP contribution in [0.15, 0.2) is 41.4 Å². The van der Waals surface area contributed by atoms with Gasteiger partial charge in [0.25, 0.3) is 0 Å². The first-order valence-electron chi connectivity index (χ1n) is 16.4. The van der Waals surface area contributed by atoms with Crippen LogP contribution in [0.5, 0.6) is 0 Å². The van der Waals surface area contributed by atoms with Gasteiger partial charge in [0, 0.05) is 64.0 Å². The van der Waals surface area contributed by atoms with Crippen molar-refractivity contribution in [2.24, 2.45) is 5.14 Å². The smallest absolute Gasteiger partial charge is 0.410 e. The first-order chi connectivity index (χ1) is 21.5. The molecule has 254 valence electrons. The quantitative estimate of drug-likeness (QED) is 0.261. The molecule has 1 aromatic heterocycles. The third-order valence-electron chi connectivity index (χ3n) is 8.98. The van der Waals surface area contributed by atoms with E-state index in [9.17, 15) is 9.59 Å². The highest BCUT2D eigenvalue weighted by Crippen LogP contribution is 2.63. The van der Waals surface area contributed by atoms with E-state index in [0.29, 0.717) is 35.3 Å². The molecule has 5 rings (SSSR count). The number of nitrogens with zero attached hydrogens (tertiary/aromatic N) is 3. The summed E-state index contributed by atoms with van der Waals surface area (Å²) in [5, 5.41) is 9.46. The second-order valence-electron chi connectivity index (χ2n) is 14.2. The van der Waals surface area contributed by atoms with Gasteiger partial charge in [-0.25, -0.2) is 4.79 Å². The second kappa shape index (κ2) is 14.4. The van der Waals surface area contributed by atoms with Gasteiger partial charge in [0.2, 0.25) is 5.91 Å². The number of nitrogens with two attached hydrogens (primary N) is 1. The van der Waals surface area contributed by atoms with E-state index in [1.807, 2.05) is 38.7 Å². The average molecular weight is 689 g/mol. The molecule has 1 saturated heterocycles. The molecular formula is C36H53ClN4O3S2. The molecule has 2 N–H and O–H groups in total. The molecule has 1 fully saturated rings. The van der Waals surface area contributed by atoms with Gasteiger partial charge in [-0.05, 0) is 87.4 Å². The summed E-state index contributed by atoms with van der Waals surface area (Å²) in [6.07, 6.45) is 4.26. The Balaban J connectivity index is 0.000000210. The summed E-state index contributed by atoms with van der Waals surface area (Å²) in [7, 11) is -1.07. The fourth-order valence-electron chi connectivity index (χ4n) is 7.18. The Morgan fingerprint density at radius 2 is 1.63 bits per heavy atom. The molecule has 46 heavy (non-hydrogen) atoms. The van der Waals surface area contributed by atoms with Crippen molar-refractivity contribution in [3.63, 3.8) is 0 Å². The van der Waals surface area contributed by atoms with Gasteiger partial charge in [-0.15, -0.1) is 0 Å². The van der Waals surface area contributed by atoms with Crippen molar-refractivity contribution >= 4 is 62.4 Å². The van der Waals surface area contributed by atoms with Crippen molar-refractivity contribution in [3.05, 3.63) is 58.2 Å². The monoisotopic (exact) mass is 688 g/mol. The number of rotatable bonds is 6. The maximum absolute atomic E-state index is 12.3. The molecule has 0 unspecified atom stereocenters. The fraction of sp³-hybridized carbons (Fsp3) is 0.556. The van der Waals surface area contributed by atoms with Crippen LogP contribution >= 0.6 is 33.8 Å². The van der Waals surface area contributed by atoms with E-state index >= 15 is 0 Å². The molecule has 10 heteroatoms. The molecule has 0 spiro atoms. The van der Waals surface area contributed by atoms with Crippen LogP contribution in [-0.4, -0.2) is 55.3 Å². The predicted molar refractivity (Wildman–Crippen MR) is 199 cm³/mol. The number of hydrogen-bond donors (Lipinski definition) is 1. The van der Waals surface area contributed by atoms with Crippen LogP contribution in [0.25, 0.3) is 10.9 Å². The predicted octanol–water partition coefficient (Wildman–Crippen LogP) is 9.47. The van der Waals surface area contributed by atoms with E-state index in [1.54, 1.807) is 4.90 Å². The van der Waals surface area contributed by atoms with Gasteiger partial charge in [0.1, 0.15) is 5.60 Å². The van der Waals surface area contributed by atoms with Crippen LogP contribution in [-0.2, 0) is 22.5 Å². The Bertz CT molecular complexity index is 1560. The number of halogens is 1. The van der Waals surface area contributed by atoms with Crippen LogP contribution in [0.1, 0.15) is 91.8 Å². The van der Waals surface area contributed by atoms with E-state index in [-0.39, 0.29) is 12.0 Å². The highest BCUT2D eigenvalue weighted by molar-refractivity contribution is 8.33. The minimum atomic E-state index is -1.07. The second-order valence-corrected chi connectivity index (χ2v) is 20.0. The minimum absolute atomic E-state index is 0.212. The zero-order chi connectivity index (χ0) is 34.1. The molecular weight excluding hydrogens is 636 g/mol. The van der Waals surface area contributed by atoms with Crippen molar-refractivity contribution < 1.29 is 14.3 Å². The number of carbonyl (C=O) groups excluding carboxylic acids is 2. The molecule has 2 aliphatic heterocycles. The zero-order valence-corrected chi connectivity index (χ0v) is 31.7. The third-order valence-corrected chi connectivity index (χ3v) is 15.3. The lowest BCUT2D eigenvalue weighted by Crippen LogP contribution is -2.40. The van der Waals surface area contributed by atoms with Gasteiger partial charge < -0.3 is 18.5 Å². The molecule has 3 heterocycles. The normalized spacial score (nSPS) is 15.9. The van der Waals surface area contributed by atoms with Crippen molar-refractivity contribution in [2.45, 2.75) is 121 Å². The molecule has 7 nitrogen and oxygen atoms in total. The Morgan fingerprint density at radius 3 is 2.17 bits per heavy atom. The van der Waals surface area contributed by atoms with Crippen LogP contribution in [0.3, 0.4) is 0 Å². The van der Waals surface area contributed by atoms with Crippen molar-refractivity contribution in [2.75, 3.05) is 18.0 Å². The summed E-state index contributed by atoms with van der Waals surface area (Å²) in [5.41, 5.74) is 5.24. The standard InChI is InChI=1S/C19H26N2O3.C17H27ClN2S2/c1-13-10-15-12-20(18(23)24-19(2,3)4)9-7-14(15)11-16(13)21-8-5-6-17(21)22;1-11(2)22(12(3)4,13(5)6)20-10-16(18)15-8-7-14(21-19)9-17(15)20/h10-11H,5-9,12H2,1-4H3;7-13H,19H2,1-6H3. The molecule has 2 aromatic carbocycles. The first kappa shape index (κ1) is 36.5. The maximum atomic E-state index is 12.3. The lowest BCUT2D eigenvalue weighted by Gasteiger charge is -2.52. The number of aryl methyl sites for hydroxylation is 1. The summed E-state index contributed by atoms with van der Waals surface area (Å²) >= 11 is 7.84. The molecule has 0 saturated carbocycles. The first-order valence-corrected chi connectivity index (χ1v) is 19.4. The van der Waals surface area contributed by atoms with Crippen LogP contribution in [0, 0.1) is 6.92 Å². The van der Waals surface area contributed by atoms with Crippen molar-refractivity contribution in [1.29, 1.82) is 0 Å². The van der Waals surface area contributed by atoms with Gasteiger partial charge in [0.05, 0.1) is 10.5 Å². The molecule has 0 radical (unpaired) electrons. The number of hydrogen-bond acceptors (Lipinski definition) is 5. The number of anilines is 1. The Morgan fingerprint density at radius 1 is 0.978 bits per heavy atom. The Kier molecular flexibility index (Phi) is 11.4. The van der Waals surface area contributed by atoms with E-state index in [4.69, 9.17) is 21.5 Å². The zero-order valence-electron chi connectivity index (χ0n) is 29.3. The highest BCUT2D eigenvalue weighted by Gasteiger charge is 2.37. The van der Waals surface area contributed by atoms with E-state index in [0.717, 1.165) is 51.5 Å². The number of aromatic nitrogens is 1. The van der Waals surface area contributed by atoms with Gasteiger partial charge in [-0.2, -0.15) is 10.2 Å². The molecule has 0 bridgehead atoms. The van der Waals surface area contributed by atoms with Crippen LogP contribution < -0.4 is 10.0 Å². The van der Waals surface area contributed by atoms with E-state index in [1.165, 1.54) is 23.0 Å². The fourth-order valence-corrected chi connectivity index (χ4v) is 13.2. The number of carbonyl (C=O) groups is 2. The van der Waals surface area contributed by atoms with Crippen LogP contribution in [0.4, 0.5) is 10.5 Å². The lowest BCUT2D eigenvalue weighted by atomic mass is 9.96. The number of amides is 2. The Labute approximate surface area is 287 Å². The summed E-state index contributed by atoms with van der Waals surface area (Å²) in [4.78, 5) is 29.0. The number of benzene rings is 2. The van der Waals surface area contributed by atoms with E-state index < -0.39 is 15.8 Å².